The van der Waals surface area contributed by atoms with Gasteiger partial charge in [0.1, 0.15) is 23.5 Å². The van der Waals surface area contributed by atoms with Gasteiger partial charge in [0.05, 0.1) is 6.54 Å². The van der Waals surface area contributed by atoms with Gasteiger partial charge in [0.25, 0.3) is 0 Å². The number of ether oxygens (including phenoxy) is 1. The highest BCUT2D eigenvalue weighted by molar-refractivity contribution is 6.30. The van der Waals surface area contributed by atoms with Crippen molar-refractivity contribution in [3.8, 4) is 5.75 Å². The molecule has 2 aromatic rings. The maximum Gasteiger partial charge on any atom is 0.135 e. The number of hydrogen-bond acceptors (Lipinski definition) is 4. The van der Waals surface area contributed by atoms with E-state index in [9.17, 15) is 0 Å². The summed E-state index contributed by atoms with van der Waals surface area (Å²) < 4.78 is 6.04. The Labute approximate surface area is 136 Å². The Balaban J connectivity index is 1.73. The van der Waals surface area contributed by atoms with E-state index in [0.717, 1.165) is 48.2 Å². The smallest absolute Gasteiger partial charge is 0.135 e. The number of halogens is 1. The highest BCUT2D eigenvalue weighted by atomic mass is 35.5. The summed E-state index contributed by atoms with van der Waals surface area (Å²) in [6, 6.07) is 7.56. The van der Waals surface area contributed by atoms with Gasteiger partial charge >= 0.3 is 0 Å². The fourth-order valence-electron chi connectivity index (χ4n) is 2.81. The summed E-state index contributed by atoms with van der Waals surface area (Å²) in [4.78, 5) is 11.3. The van der Waals surface area contributed by atoms with Gasteiger partial charge in [0.2, 0.25) is 0 Å². The highest BCUT2D eigenvalue weighted by Crippen LogP contribution is 2.26. The number of aromatic nitrogens is 2. The zero-order chi connectivity index (χ0) is 15.7. The number of anilines is 1. The lowest BCUT2D eigenvalue weighted by Gasteiger charge is -2.21. The normalized spacial score (nSPS) is 17.8. The summed E-state index contributed by atoms with van der Waals surface area (Å²) >= 11 is 6.00. The van der Waals surface area contributed by atoms with Crippen LogP contribution in [-0.4, -0.2) is 29.2 Å². The van der Waals surface area contributed by atoms with Gasteiger partial charge in [0.15, 0.2) is 0 Å². The third kappa shape index (κ3) is 3.17. The van der Waals surface area contributed by atoms with Crippen molar-refractivity contribution in [3.05, 3.63) is 46.4 Å². The molecule has 0 radical (unpaired) electrons. The van der Waals surface area contributed by atoms with Gasteiger partial charge in [0, 0.05) is 29.2 Å². The van der Waals surface area contributed by atoms with Crippen molar-refractivity contribution >= 4 is 17.4 Å². The SMILES string of the molecule is Cc1nc(C)c(C)c(N2CCC(Oc3cccc(Cl)c3)C2)n1. The number of aryl methyl sites for hydroxylation is 2. The van der Waals surface area contributed by atoms with Gasteiger partial charge in [-0.3, -0.25) is 0 Å². The topological polar surface area (TPSA) is 38.2 Å². The van der Waals surface area contributed by atoms with Crippen LogP contribution in [0.1, 0.15) is 23.5 Å². The van der Waals surface area contributed by atoms with E-state index in [-0.39, 0.29) is 6.10 Å². The second-order valence-corrected chi connectivity index (χ2v) is 6.17. The molecular weight excluding hydrogens is 298 g/mol. The number of rotatable bonds is 3. The molecule has 1 aliphatic rings. The van der Waals surface area contributed by atoms with E-state index in [1.54, 1.807) is 0 Å². The summed E-state index contributed by atoms with van der Waals surface area (Å²) in [5.74, 6) is 2.67. The highest BCUT2D eigenvalue weighted by Gasteiger charge is 2.26. The van der Waals surface area contributed by atoms with E-state index in [4.69, 9.17) is 16.3 Å². The number of benzene rings is 1. The molecule has 22 heavy (non-hydrogen) atoms. The first-order valence-corrected chi connectivity index (χ1v) is 7.90. The van der Waals surface area contributed by atoms with E-state index in [0.29, 0.717) is 5.02 Å². The second-order valence-electron chi connectivity index (χ2n) is 5.74. The molecule has 5 heteroatoms. The lowest BCUT2D eigenvalue weighted by molar-refractivity contribution is 0.225. The predicted molar refractivity (Wildman–Crippen MR) is 88.9 cm³/mol. The van der Waals surface area contributed by atoms with Crippen LogP contribution in [0.3, 0.4) is 0 Å². The maximum absolute atomic E-state index is 6.04. The lowest BCUT2D eigenvalue weighted by Crippen LogP contribution is -2.26. The zero-order valence-corrected chi connectivity index (χ0v) is 13.9. The van der Waals surface area contributed by atoms with Gasteiger partial charge in [-0.15, -0.1) is 0 Å². The molecule has 0 aliphatic carbocycles. The Morgan fingerprint density at radius 1 is 1.23 bits per heavy atom. The first kappa shape index (κ1) is 15.1. The minimum Gasteiger partial charge on any atom is -0.488 e. The molecule has 2 heterocycles. The number of nitrogens with zero attached hydrogens (tertiary/aromatic N) is 3. The molecule has 0 N–H and O–H groups in total. The summed E-state index contributed by atoms with van der Waals surface area (Å²) in [5, 5.41) is 0.699. The van der Waals surface area contributed by atoms with E-state index >= 15 is 0 Å². The lowest BCUT2D eigenvalue weighted by atomic mass is 10.2. The molecule has 116 valence electrons. The second kappa shape index (κ2) is 6.13. The number of hydrogen-bond donors (Lipinski definition) is 0. The Kier molecular flexibility index (Phi) is 4.21. The molecule has 0 amide bonds. The monoisotopic (exact) mass is 317 g/mol. The van der Waals surface area contributed by atoms with Crippen LogP contribution in [0, 0.1) is 20.8 Å². The van der Waals surface area contributed by atoms with Crippen molar-refractivity contribution < 1.29 is 4.74 Å². The molecule has 1 aliphatic heterocycles. The van der Waals surface area contributed by atoms with Gasteiger partial charge in [-0.05, 0) is 39.0 Å². The molecule has 0 spiro atoms. The van der Waals surface area contributed by atoms with E-state index in [2.05, 4.69) is 21.8 Å². The zero-order valence-electron chi connectivity index (χ0n) is 13.1. The molecule has 1 saturated heterocycles. The fourth-order valence-corrected chi connectivity index (χ4v) is 2.99. The summed E-state index contributed by atoms with van der Waals surface area (Å²) in [6.45, 7) is 7.83. The Morgan fingerprint density at radius 3 is 2.82 bits per heavy atom. The van der Waals surface area contributed by atoms with Crippen molar-refractivity contribution in [2.24, 2.45) is 0 Å². The standard InChI is InChI=1S/C17H20ClN3O/c1-11-12(2)19-13(3)20-17(11)21-8-7-16(10-21)22-15-6-4-5-14(18)9-15/h4-6,9,16H,7-8,10H2,1-3H3. The third-order valence-electron chi connectivity index (χ3n) is 4.02. The van der Waals surface area contributed by atoms with E-state index in [1.165, 1.54) is 0 Å². The fraction of sp³-hybridized carbons (Fsp3) is 0.412. The van der Waals surface area contributed by atoms with Gasteiger partial charge in [-0.25, -0.2) is 9.97 Å². The largest absolute Gasteiger partial charge is 0.488 e. The first-order chi connectivity index (χ1) is 10.5. The summed E-state index contributed by atoms with van der Waals surface area (Å²) in [7, 11) is 0. The molecule has 1 unspecified atom stereocenters. The maximum atomic E-state index is 6.04. The molecule has 1 aromatic carbocycles. The van der Waals surface area contributed by atoms with Crippen LogP contribution in [0.15, 0.2) is 24.3 Å². The van der Waals surface area contributed by atoms with Crippen LogP contribution in [0.2, 0.25) is 5.02 Å². The third-order valence-corrected chi connectivity index (χ3v) is 4.25. The van der Waals surface area contributed by atoms with Crippen molar-refractivity contribution in [3.63, 3.8) is 0 Å². The van der Waals surface area contributed by atoms with Crippen LogP contribution in [0.4, 0.5) is 5.82 Å². The first-order valence-electron chi connectivity index (χ1n) is 7.52. The molecule has 0 saturated carbocycles. The van der Waals surface area contributed by atoms with Crippen molar-refractivity contribution in [1.29, 1.82) is 0 Å². The average molecular weight is 318 g/mol. The van der Waals surface area contributed by atoms with Gasteiger partial charge in [-0.2, -0.15) is 0 Å². The van der Waals surface area contributed by atoms with E-state index in [1.807, 2.05) is 38.1 Å². The predicted octanol–water partition coefficient (Wildman–Crippen LogP) is 3.71. The molecule has 1 aromatic heterocycles. The average Bonchev–Trinajstić information content (AvgIpc) is 2.91. The Morgan fingerprint density at radius 2 is 2.05 bits per heavy atom. The van der Waals surface area contributed by atoms with E-state index < -0.39 is 0 Å². The molecule has 1 fully saturated rings. The summed E-state index contributed by atoms with van der Waals surface area (Å²) in [6.07, 6.45) is 1.14. The quantitative estimate of drug-likeness (QED) is 0.865. The minimum atomic E-state index is 0.161. The molecule has 3 rings (SSSR count). The summed E-state index contributed by atoms with van der Waals surface area (Å²) in [5.41, 5.74) is 2.19. The van der Waals surface area contributed by atoms with Crippen LogP contribution in [0.25, 0.3) is 0 Å². The van der Waals surface area contributed by atoms with Crippen molar-refractivity contribution in [2.45, 2.75) is 33.3 Å². The molecule has 4 nitrogen and oxygen atoms in total. The van der Waals surface area contributed by atoms with Crippen LogP contribution < -0.4 is 9.64 Å². The molecule has 1 atom stereocenters. The van der Waals surface area contributed by atoms with Gasteiger partial charge in [-0.1, -0.05) is 17.7 Å². The minimum absolute atomic E-state index is 0.161. The van der Waals surface area contributed by atoms with Gasteiger partial charge < -0.3 is 9.64 Å². The molecular formula is C17H20ClN3O. The van der Waals surface area contributed by atoms with Crippen LogP contribution in [-0.2, 0) is 0 Å². The van der Waals surface area contributed by atoms with Crippen LogP contribution in [0.5, 0.6) is 5.75 Å². The van der Waals surface area contributed by atoms with Crippen LogP contribution >= 0.6 is 11.6 Å². The molecule has 0 bridgehead atoms. The Hall–Kier alpha value is -1.81. The van der Waals surface area contributed by atoms with Crippen molar-refractivity contribution in [1.82, 2.24) is 9.97 Å². The Bertz CT molecular complexity index is 690. The van der Waals surface area contributed by atoms with Crippen molar-refractivity contribution in [2.75, 3.05) is 18.0 Å².